The molecule has 0 bridgehead atoms. The molecule has 4 N–H and O–H groups in total. The number of pyridine rings is 1. The van der Waals surface area contributed by atoms with Crippen molar-refractivity contribution in [3.05, 3.63) is 46.1 Å². The maximum absolute atomic E-state index is 12.4. The van der Waals surface area contributed by atoms with Crippen LogP contribution in [0.1, 0.15) is 37.9 Å². The van der Waals surface area contributed by atoms with Crippen molar-refractivity contribution in [1.29, 1.82) is 0 Å². The van der Waals surface area contributed by atoms with Crippen LogP contribution in [0.4, 0.5) is 0 Å². The van der Waals surface area contributed by atoms with Gasteiger partial charge in [-0.1, -0.05) is 13.8 Å². The van der Waals surface area contributed by atoms with Crippen molar-refractivity contribution in [3.8, 4) is 11.4 Å². The Balaban J connectivity index is 0.00000364. The minimum absolute atomic E-state index is 0. The van der Waals surface area contributed by atoms with E-state index >= 15 is 0 Å². The fourth-order valence-corrected chi connectivity index (χ4v) is 2.87. The van der Waals surface area contributed by atoms with Gasteiger partial charge in [0.25, 0.3) is 5.56 Å². The highest BCUT2D eigenvalue weighted by Gasteiger charge is 2.15. The van der Waals surface area contributed by atoms with Gasteiger partial charge in [-0.25, -0.2) is 4.98 Å². The molecule has 7 nitrogen and oxygen atoms in total. The topological polar surface area (TPSA) is 114 Å². The Morgan fingerprint density at radius 1 is 1.32 bits per heavy atom. The first kappa shape index (κ1) is 26.0. The van der Waals surface area contributed by atoms with Gasteiger partial charge in [0.2, 0.25) is 5.91 Å². The average Bonchev–Trinajstić information content (AvgIpc) is 2.60. The van der Waals surface area contributed by atoms with Crippen molar-refractivity contribution in [2.24, 2.45) is 11.7 Å². The predicted molar refractivity (Wildman–Crippen MR) is 116 cm³/mol. The molecule has 1 atom stereocenters. The zero-order valence-electron chi connectivity index (χ0n) is 16.4. The molecule has 0 aromatic carbocycles. The summed E-state index contributed by atoms with van der Waals surface area (Å²) < 4.78 is 0. The molecule has 0 aliphatic rings. The molecule has 2 aromatic rings. The maximum Gasteiger partial charge on any atom is 0.254 e. The van der Waals surface area contributed by atoms with E-state index in [0.717, 1.165) is 12.0 Å². The van der Waals surface area contributed by atoms with Crippen LogP contribution in [0.15, 0.2) is 29.3 Å². The molecule has 0 aliphatic carbocycles. The number of aryl methyl sites for hydroxylation is 1. The Hall–Kier alpha value is -1.96. The molecular weight excluding hydrogens is 401 g/mol. The van der Waals surface area contributed by atoms with Crippen LogP contribution in [0.25, 0.3) is 11.4 Å². The summed E-state index contributed by atoms with van der Waals surface area (Å²) in [5, 5.41) is 2.94. The number of carbonyl (C=O) groups is 1. The van der Waals surface area contributed by atoms with Gasteiger partial charge in [0.1, 0.15) is 5.82 Å². The van der Waals surface area contributed by atoms with Crippen LogP contribution in [-0.4, -0.2) is 33.4 Å². The number of nitrogens with zero attached hydrogens (tertiary/aromatic N) is 2. The van der Waals surface area contributed by atoms with Crippen molar-refractivity contribution in [2.45, 2.75) is 46.1 Å². The lowest BCUT2D eigenvalue weighted by atomic mass is 10.0. The molecule has 156 valence electrons. The first-order valence-corrected chi connectivity index (χ1v) is 8.90. The Kier molecular flexibility index (Phi) is 11.6. The molecule has 2 aromatic heterocycles. The van der Waals surface area contributed by atoms with Gasteiger partial charge in [0, 0.05) is 48.2 Å². The van der Waals surface area contributed by atoms with Gasteiger partial charge in [0.05, 0.1) is 0 Å². The van der Waals surface area contributed by atoms with Crippen LogP contribution < -0.4 is 16.6 Å². The molecule has 1 unspecified atom stereocenters. The van der Waals surface area contributed by atoms with Crippen molar-refractivity contribution >= 4 is 30.7 Å². The first-order chi connectivity index (χ1) is 12.4. The summed E-state index contributed by atoms with van der Waals surface area (Å²) in [6.07, 6.45) is 4.71. The number of nitrogens with one attached hydrogen (secondary N) is 2. The van der Waals surface area contributed by atoms with Crippen LogP contribution in [0, 0.1) is 12.8 Å². The zero-order chi connectivity index (χ0) is 19.1. The number of hydrogen-bond donors (Lipinski definition) is 3. The van der Waals surface area contributed by atoms with E-state index in [1.807, 2.05) is 6.07 Å². The van der Waals surface area contributed by atoms with Crippen molar-refractivity contribution in [1.82, 2.24) is 20.3 Å². The molecule has 0 fully saturated rings. The second kappa shape index (κ2) is 12.5. The lowest BCUT2D eigenvalue weighted by molar-refractivity contribution is -0.121. The van der Waals surface area contributed by atoms with Crippen molar-refractivity contribution in [3.63, 3.8) is 0 Å². The van der Waals surface area contributed by atoms with Crippen LogP contribution in [-0.2, 0) is 11.2 Å². The predicted octanol–water partition coefficient (Wildman–Crippen LogP) is 2.41. The molecule has 9 heteroatoms. The summed E-state index contributed by atoms with van der Waals surface area (Å²) in [6.45, 7) is 6.37. The Labute approximate surface area is 177 Å². The van der Waals surface area contributed by atoms with Gasteiger partial charge in [-0.15, -0.1) is 24.8 Å². The SMILES string of the molecule is Cc1nc(-c2cccnc2)[nH]c(=O)c1CCC(=O)NC(CN)CC(C)C.Cl.Cl. The summed E-state index contributed by atoms with van der Waals surface area (Å²) in [6, 6.07) is 3.58. The van der Waals surface area contributed by atoms with Gasteiger partial charge in [-0.3, -0.25) is 14.6 Å². The van der Waals surface area contributed by atoms with Crippen molar-refractivity contribution in [2.75, 3.05) is 6.54 Å². The number of aromatic amines is 1. The lowest BCUT2D eigenvalue weighted by Crippen LogP contribution is -2.41. The third-order valence-corrected chi connectivity index (χ3v) is 4.16. The van der Waals surface area contributed by atoms with E-state index in [2.05, 4.69) is 34.1 Å². The third-order valence-electron chi connectivity index (χ3n) is 4.16. The molecule has 28 heavy (non-hydrogen) atoms. The van der Waals surface area contributed by atoms with Gasteiger partial charge >= 0.3 is 0 Å². The number of hydrogen-bond acceptors (Lipinski definition) is 5. The van der Waals surface area contributed by atoms with E-state index in [1.54, 1.807) is 25.4 Å². The Bertz CT molecular complexity index is 797. The molecular formula is C19H29Cl2N5O2. The minimum atomic E-state index is -0.221. The third kappa shape index (κ3) is 7.58. The maximum atomic E-state index is 12.4. The van der Waals surface area contributed by atoms with Crippen LogP contribution in [0.3, 0.4) is 0 Å². The van der Waals surface area contributed by atoms with E-state index in [0.29, 0.717) is 36.0 Å². The largest absolute Gasteiger partial charge is 0.352 e. The highest BCUT2D eigenvalue weighted by atomic mass is 35.5. The second-order valence-corrected chi connectivity index (χ2v) is 6.85. The van der Waals surface area contributed by atoms with Gasteiger partial charge in [0.15, 0.2) is 0 Å². The number of halogens is 2. The summed E-state index contributed by atoms with van der Waals surface area (Å²) >= 11 is 0. The molecule has 0 spiro atoms. The Morgan fingerprint density at radius 3 is 2.57 bits per heavy atom. The van der Waals surface area contributed by atoms with E-state index < -0.39 is 0 Å². The molecule has 1 amide bonds. The molecule has 0 radical (unpaired) electrons. The van der Waals surface area contributed by atoms with Gasteiger partial charge in [-0.2, -0.15) is 0 Å². The van der Waals surface area contributed by atoms with Crippen LogP contribution in [0.5, 0.6) is 0 Å². The number of H-pyrrole nitrogens is 1. The standard InChI is InChI=1S/C19H27N5O2.2ClH/c1-12(2)9-15(10-20)23-17(25)7-6-16-13(3)22-18(24-19(16)26)14-5-4-8-21-11-14;;/h4-5,8,11-12,15H,6-7,9-10,20H2,1-3H3,(H,23,25)(H,22,24,26);2*1H. The van der Waals surface area contributed by atoms with Crippen molar-refractivity contribution < 1.29 is 4.79 Å². The van der Waals surface area contributed by atoms with E-state index in [-0.39, 0.29) is 48.7 Å². The smallest absolute Gasteiger partial charge is 0.254 e. The summed E-state index contributed by atoms with van der Waals surface area (Å²) in [7, 11) is 0. The fraction of sp³-hybridized carbons (Fsp3) is 0.474. The number of nitrogens with two attached hydrogens (primary N) is 1. The van der Waals surface area contributed by atoms with Gasteiger partial charge < -0.3 is 16.0 Å². The number of carbonyl (C=O) groups excluding carboxylic acids is 1. The van der Waals surface area contributed by atoms with E-state index in [9.17, 15) is 9.59 Å². The van der Waals surface area contributed by atoms with Gasteiger partial charge in [-0.05, 0) is 37.8 Å². The molecule has 0 aliphatic heterocycles. The summed E-state index contributed by atoms with van der Waals surface area (Å²) in [4.78, 5) is 35.8. The average molecular weight is 430 g/mol. The summed E-state index contributed by atoms with van der Waals surface area (Å²) in [5.41, 5.74) is 7.39. The molecule has 0 saturated heterocycles. The number of aromatic nitrogens is 3. The monoisotopic (exact) mass is 429 g/mol. The van der Waals surface area contributed by atoms with Crippen LogP contribution in [0.2, 0.25) is 0 Å². The summed E-state index contributed by atoms with van der Waals surface area (Å²) in [5.74, 6) is 0.836. The van der Waals surface area contributed by atoms with E-state index in [1.165, 1.54) is 0 Å². The number of rotatable bonds is 8. The Morgan fingerprint density at radius 2 is 2.04 bits per heavy atom. The van der Waals surface area contributed by atoms with Crippen LogP contribution >= 0.6 is 24.8 Å². The molecule has 2 heterocycles. The highest BCUT2D eigenvalue weighted by Crippen LogP contribution is 2.13. The minimum Gasteiger partial charge on any atom is -0.352 e. The van der Waals surface area contributed by atoms with E-state index in [4.69, 9.17) is 5.73 Å². The number of amides is 1. The first-order valence-electron chi connectivity index (χ1n) is 8.90. The molecule has 2 rings (SSSR count). The lowest BCUT2D eigenvalue weighted by Gasteiger charge is -2.18. The zero-order valence-corrected chi connectivity index (χ0v) is 18.0. The normalized spacial score (nSPS) is 11.3. The highest BCUT2D eigenvalue weighted by molar-refractivity contribution is 5.85. The molecule has 0 saturated carbocycles. The fourth-order valence-electron chi connectivity index (χ4n) is 2.87. The second-order valence-electron chi connectivity index (χ2n) is 6.85. The quantitative estimate of drug-likeness (QED) is 0.595.